The molecule has 2 heterocycles. The molecule has 0 spiro atoms. The monoisotopic (exact) mass is 474 g/mol. The summed E-state index contributed by atoms with van der Waals surface area (Å²) >= 11 is 2.42. The topological polar surface area (TPSA) is 9.86 Å². The van der Waals surface area contributed by atoms with Crippen LogP contribution in [0.1, 0.15) is 36.6 Å². The van der Waals surface area contributed by atoms with E-state index in [9.17, 15) is 0 Å². The number of rotatable bonds is 6. The number of unbranched alkanes of at least 4 members (excludes halogenated alkanes) is 1. The fourth-order valence-electron chi connectivity index (χ4n) is 3.97. The highest BCUT2D eigenvalue weighted by atomic mass is 127. The van der Waals surface area contributed by atoms with Crippen molar-refractivity contribution in [1.29, 1.82) is 0 Å². The van der Waals surface area contributed by atoms with E-state index in [-0.39, 0.29) is 0 Å². The van der Waals surface area contributed by atoms with Crippen LogP contribution >= 0.6 is 30.3 Å². The lowest BCUT2D eigenvalue weighted by Gasteiger charge is -2.08. The Balaban J connectivity index is 1.89. The van der Waals surface area contributed by atoms with E-state index in [1.165, 1.54) is 51.5 Å². The molecule has 4 heteroatoms. The quantitative estimate of drug-likeness (QED) is 0.276. The molecule has 0 aliphatic heterocycles. The van der Waals surface area contributed by atoms with Crippen LogP contribution in [0.15, 0.2) is 54.7 Å². The van der Waals surface area contributed by atoms with Crippen molar-refractivity contribution in [3.63, 3.8) is 0 Å². The molecule has 0 aliphatic rings. The molecule has 0 unspecified atom stereocenters. The Morgan fingerprint density at radius 1 is 0.962 bits per heavy atom. The Morgan fingerprint density at radius 2 is 1.65 bits per heavy atom. The highest BCUT2D eigenvalue weighted by Gasteiger charge is 2.18. The van der Waals surface area contributed by atoms with E-state index in [0.717, 1.165) is 12.8 Å². The molecule has 0 atom stereocenters. The molecule has 0 radical (unpaired) electrons. The molecule has 0 N–H and O–H groups in total. The van der Waals surface area contributed by atoms with Crippen molar-refractivity contribution in [2.45, 2.75) is 32.6 Å². The molecule has 0 saturated carbocycles. The van der Waals surface area contributed by atoms with E-state index in [1.807, 2.05) is 0 Å². The number of para-hydroxylation sites is 2. The molecular weight excluding hydrogens is 451 g/mol. The molecule has 4 rings (SSSR count). The first-order valence-electron chi connectivity index (χ1n) is 9.17. The molecule has 0 aliphatic carbocycles. The van der Waals surface area contributed by atoms with Gasteiger partial charge in [-0.2, -0.15) is 0 Å². The summed E-state index contributed by atoms with van der Waals surface area (Å²) in [5.74, 6) is 0. The third-order valence-corrected chi connectivity index (χ3v) is 6.96. The maximum Gasteiger partial charge on any atom is 0.0604 e. The van der Waals surface area contributed by atoms with Gasteiger partial charge in [0, 0.05) is 72.0 Å². The van der Waals surface area contributed by atoms with Crippen LogP contribution in [0.5, 0.6) is 0 Å². The molecule has 2 nitrogen and oxygen atoms in total. The van der Waals surface area contributed by atoms with Gasteiger partial charge in [-0.1, -0.05) is 49.7 Å². The Hall–Kier alpha value is -1.40. The highest BCUT2D eigenvalue weighted by molar-refractivity contribution is 14.2. The summed E-state index contributed by atoms with van der Waals surface area (Å²) in [5.41, 5.74) is 7.04. The zero-order valence-electron chi connectivity index (χ0n) is 15.2. The molecular formula is C22H23IN2S. The average Bonchev–Trinajstić information content (AvgIpc) is 3.15. The molecule has 134 valence electrons. The first kappa shape index (κ1) is 18.0. The van der Waals surface area contributed by atoms with Crippen LogP contribution in [0.2, 0.25) is 0 Å². The van der Waals surface area contributed by atoms with E-state index in [2.05, 4.69) is 98.4 Å². The molecule has 2 aromatic carbocycles. The molecule has 0 saturated heterocycles. The second kappa shape index (κ2) is 7.69. The zero-order valence-corrected chi connectivity index (χ0v) is 18.2. The molecule has 2 aromatic heterocycles. The second-order valence-electron chi connectivity index (χ2n) is 6.87. The summed E-state index contributed by atoms with van der Waals surface area (Å²) in [5, 5.41) is 2.78. The number of fused-ring (bicyclic) bond motifs is 2. The fraction of sp³-hybridized carbons (Fsp3) is 0.273. The van der Waals surface area contributed by atoms with Crippen LogP contribution in [-0.2, 0) is 19.9 Å². The Kier molecular flexibility index (Phi) is 5.32. The minimum Gasteiger partial charge on any atom is -0.350 e. The summed E-state index contributed by atoms with van der Waals surface area (Å²) in [6.45, 7) is 2.27. The maximum absolute atomic E-state index is 2.43. The van der Waals surface area contributed by atoms with Crippen LogP contribution in [0.25, 0.3) is 21.8 Å². The van der Waals surface area contributed by atoms with Crippen LogP contribution in [-0.4, -0.2) is 8.54 Å². The first-order chi connectivity index (χ1) is 12.7. The van der Waals surface area contributed by atoms with Crippen LogP contribution in [0, 0.1) is 0 Å². The number of benzene rings is 2. The van der Waals surface area contributed by atoms with Gasteiger partial charge in [0.25, 0.3) is 0 Å². The largest absolute Gasteiger partial charge is 0.350 e. The lowest BCUT2D eigenvalue weighted by atomic mass is 10.0. The van der Waals surface area contributed by atoms with E-state index in [1.54, 1.807) is 9.12 Å². The number of halogens is 1. The van der Waals surface area contributed by atoms with E-state index in [4.69, 9.17) is 0 Å². The molecule has 26 heavy (non-hydrogen) atoms. The summed E-state index contributed by atoms with van der Waals surface area (Å²) < 4.78 is 4.68. The zero-order chi connectivity index (χ0) is 18.1. The number of aryl methyl sites for hydroxylation is 2. The number of hydrogen-bond donors (Lipinski definition) is 0. The van der Waals surface area contributed by atoms with Gasteiger partial charge in [-0.25, -0.2) is 0 Å². The van der Waals surface area contributed by atoms with Crippen molar-refractivity contribution in [3.05, 3.63) is 71.5 Å². The smallest absolute Gasteiger partial charge is 0.0604 e. The summed E-state index contributed by atoms with van der Waals surface area (Å²) in [7, 11) is 3.94. The SMILES string of the molecule is CCCCc1c(Cc2cn(C)c3ccccc23)n(SI)c2ccccc12. The standard InChI is InChI=1S/C22H23IN2S/c1-3-4-9-19-18-11-6-8-13-21(18)25(26-23)22(19)14-16-15-24(2)20-12-7-5-10-17(16)20/h5-8,10-13,15H,3-4,9,14H2,1-2H3. The highest BCUT2D eigenvalue weighted by Crippen LogP contribution is 2.36. The third-order valence-electron chi connectivity index (χ3n) is 5.23. The van der Waals surface area contributed by atoms with Gasteiger partial charge in [0.1, 0.15) is 0 Å². The lowest BCUT2D eigenvalue weighted by Crippen LogP contribution is -1.99. The van der Waals surface area contributed by atoms with Gasteiger partial charge in [-0.3, -0.25) is 3.97 Å². The Bertz CT molecular complexity index is 1060. The third kappa shape index (κ3) is 3.07. The van der Waals surface area contributed by atoms with Gasteiger partial charge in [0.15, 0.2) is 0 Å². The minimum absolute atomic E-state index is 0.977. The summed E-state index contributed by atoms with van der Waals surface area (Å²) in [4.78, 5) is 0. The minimum atomic E-state index is 0.977. The Morgan fingerprint density at radius 3 is 2.38 bits per heavy atom. The van der Waals surface area contributed by atoms with Crippen molar-refractivity contribution in [2.24, 2.45) is 7.05 Å². The van der Waals surface area contributed by atoms with Gasteiger partial charge in [-0.05, 0) is 36.1 Å². The van der Waals surface area contributed by atoms with Gasteiger partial charge < -0.3 is 4.57 Å². The van der Waals surface area contributed by atoms with Crippen LogP contribution < -0.4 is 0 Å². The number of hydrogen-bond acceptors (Lipinski definition) is 1. The normalized spacial score (nSPS) is 11.7. The second-order valence-corrected chi connectivity index (χ2v) is 8.55. The van der Waals surface area contributed by atoms with Crippen LogP contribution in [0.4, 0.5) is 0 Å². The molecule has 0 amide bonds. The number of nitrogens with zero attached hydrogens (tertiary/aromatic N) is 2. The lowest BCUT2D eigenvalue weighted by molar-refractivity contribution is 0.790. The molecule has 4 aromatic rings. The van der Waals surface area contributed by atoms with E-state index < -0.39 is 0 Å². The number of aromatic nitrogens is 2. The van der Waals surface area contributed by atoms with Gasteiger partial charge in [-0.15, -0.1) is 0 Å². The predicted octanol–water partition coefficient (Wildman–Crippen LogP) is 6.91. The van der Waals surface area contributed by atoms with Crippen molar-refractivity contribution in [2.75, 3.05) is 0 Å². The average molecular weight is 474 g/mol. The van der Waals surface area contributed by atoms with Crippen molar-refractivity contribution >= 4 is 52.1 Å². The van der Waals surface area contributed by atoms with E-state index >= 15 is 0 Å². The van der Waals surface area contributed by atoms with Gasteiger partial charge >= 0.3 is 0 Å². The van der Waals surface area contributed by atoms with Crippen molar-refractivity contribution in [1.82, 2.24) is 8.54 Å². The van der Waals surface area contributed by atoms with E-state index in [0.29, 0.717) is 0 Å². The maximum atomic E-state index is 2.43. The van der Waals surface area contributed by atoms with Crippen molar-refractivity contribution in [3.8, 4) is 0 Å². The summed E-state index contributed by atoms with van der Waals surface area (Å²) in [6.07, 6.45) is 6.90. The fourth-order valence-corrected chi connectivity index (χ4v) is 5.81. The van der Waals surface area contributed by atoms with Crippen LogP contribution in [0.3, 0.4) is 0 Å². The summed E-state index contributed by atoms with van der Waals surface area (Å²) in [6, 6.07) is 17.6. The van der Waals surface area contributed by atoms with Gasteiger partial charge in [0.2, 0.25) is 0 Å². The van der Waals surface area contributed by atoms with Gasteiger partial charge in [0.05, 0.1) is 5.52 Å². The molecule has 0 bridgehead atoms. The van der Waals surface area contributed by atoms with Crippen molar-refractivity contribution < 1.29 is 0 Å². The molecule has 0 fully saturated rings. The first-order valence-corrected chi connectivity index (χ1v) is 12.5. The Labute approximate surface area is 171 Å². The predicted molar refractivity (Wildman–Crippen MR) is 123 cm³/mol.